The smallest absolute Gasteiger partial charge is 0.342 e. The number of nitriles is 1. The number of benzene rings is 2. The molecule has 0 radical (unpaired) electrons. The highest BCUT2D eigenvalue weighted by Gasteiger charge is 2.19. The van der Waals surface area contributed by atoms with Gasteiger partial charge in [0.1, 0.15) is 17.1 Å². The number of phenols is 1. The van der Waals surface area contributed by atoms with Crippen molar-refractivity contribution in [2.75, 3.05) is 18.1 Å². The quantitative estimate of drug-likeness (QED) is 0.804. The van der Waals surface area contributed by atoms with Gasteiger partial charge in [-0.25, -0.2) is 9.18 Å². The van der Waals surface area contributed by atoms with E-state index < -0.39 is 24.3 Å². The largest absolute Gasteiger partial charge is 0.507 e. The Hall–Kier alpha value is -3.40. The van der Waals surface area contributed by atoms with Gasteiger partial charge in [-0.2, -0.15) is 5.26 Å². The second kappa shape index (κ2) is 8.62. The van der Waals surface area contributed by atoms with E-state index in [0.29, 0.717) is 5.69 Å². The summed E-state index contributed by atoms with van der Waals surface area (Å²) in [4.78, 5) is 25.7. The van der Waals surface area contributed by atoms with Crippen LogP contribution < -0.4 is 4.90 Å². The van der Waals surface area contributed by atoms with Crippen molar-refractivity contribution in [1.82, 2.24) is 0 Å². The normalized spacial score (nSPS) is 10.0. The molecule has 0 atom stereocenters. The Bertz CT molecular complexity index is 844. The van der Waals surface area contributed by atoms with Crippen molar-refractivity contribution in [1.29, 1.82) is 5.26 Å². The molecule has 0 saturated carbocycles. The van der Waals surface area contributed by atoms with Crippen LogP contribution in [0.1, 0.15) is 22.3 Å². The lowest BCUT2D eigenvalue weighted by atomic mass is 10.1. The third-order valence-electron chi connectivity index (χ3n) is 3.59. The first-order chi connectivity index (χ1) is 12.4. The minimum atomic E-state index is -0.838. The van der Waals surface area contributed by atoms with Crippen LogP contribution in [0.25, 0.3) is 0 Å². The molecule has 2 rings (SSSR count). The molecule has 0 unspecified atom stereocenters. The van der Waals surface area contributed by atoms with Gasteiger partial charge < -0.3 is 14.7 Å². The second-order valence-electron chi connectivity index (χ2n) is 5.53. The van der Waals surface area contributed by atoms with Crippen molar-refractivity contribution in [3.05, 3.63) is 59.4 Å². The topological polar surface area (TPSA) is 90.6 Å². The van der Waals surface area contributed by atoms with E-state index in [4.69, 9.17) is 10.00 Å². The molecule has 0 spiro atoms. The highest BCUT2D eigenvalue weighted by Crippen LogP contribution is 2.20. The average molecular weight is 356 g/mol. The summed E-state index contributed by atoms with van der Waals surface area (Å²) in [6.45, 7) is 1.26. The van der Waals surface area contributed by atoms with Crippen molar-refractivity contribution in [2.24, 2.45) is 0 Å². The summed E-state index contributed by atoms with van der Waals surface area (Å²) in [5.74, 6) is -2.09. The number of nitrogens with zero attached hydrogens (tertiary/aromatic N) is 2. The first-order valence-corrected chi connectivity index (χ1v) is 7.82. The molecule has 2 aromatic rings. The summed E-state index contributed by atoms with van der Waals surface area (Å²) in [6, 6.07) is 11.6. The number of carbonyl (C=O) groups excluding carboxylic acids is 2. The van der Waals surface area contributed by atoms with E-state index in [9.17, 15) is 19.1 Å². The number of aryl methyl sites for hydroxylation is 1. The number of halogens is 1. The molecule has 2 aromatic carbocycles. The second-order valence-corrected chi connectivity index (χ2v) is 5.53. The minimum absolute atomic E-state index is 0.0474. The molecule has 0 heterocycles. The zero-order valence-electron chi connectivity index (χ0n) is 14.1. The molecule has 26 heavy (non-hydrogen) atoms. The monoisotopic (exact) mass is 356 g/mol. The van der Waals surface area contributed by atoms with E-state index in [1.54, 1.807) is 13.0 Å². The first-order valence-electron chi connectivity index (χ1n) is 7.82. The highest BCUT2D eigenvalue weighted by molar-refractivity contribution is 5.98. The summed E-state index contributed by atoms with van der Waals surface area (Å²) in [5, 5.41) is 18.5. The van der Waals surface area contributed by atoms with Crippen LogP contribution in [0.3, 0.4) is 0 Å². The number of ether oxygens (including phenoxy) is 1. The van der Waals surface area contributed by atoms with E-state index in [1.807, 2.05) is 6.07 Å². The molecule has 1 N–H and O–H groups in total. The van der Waals surface area contributed by atoms with Gasteiger partial charge in [-0.3, -0.25) is 4.79 Å². The number of rotatable bonds is 6. The average Bonchev–Trinajstić information content (AvgIpc) is 2.61. The van der Waals surface area contributed by atoms with Crippen LogP contribution in [0.2, 0.25) is 0 Å². The fourth-order valence-electron chi connectivity index (χ4n) is 2.28. The maximum Gasteiger partial charge on any atom is 0.342 e. The summed E-state index contributed by atoms with van der Waals surface area (Å²) in [5.41, 5.74) is 1.11. The summed E-state index contributed by atoms with van der Waals surface area (Å²) in [7, 11) is 0. The van der Waals surface area contributed by atoms with Gasteiger partial charge in [0.2, 0.25) is 0 Å². The minimum Gasteiger partial charge on any atom is -0.507 e. The van der Waals surface area contributed by atoms with Crippen LogP contribution in [-0.4, -0.2) is 30.1 Å². The van der Waals surface area contributed by atoms with Crippen molar-refractivity contribution in [3.63, 3.8) is 0 Å². The third kappa shape index (κ3) is 4.80. The van der Waals surface area contributed by atoms with Crippen LogP contribution in [0.4, 0.5) is 10.1 Å². The number of aromatic hydroxyl groups is 1. The van der Waals surface area contributed by atoms with Crippen molar-refractivity contribution in [3.8, 4) is 11.8 Å². The van der Waals surface area contributed by atoms with Crippen molar-refractivity contribution < 1.29 is 23.8 Å². The number of esters is 1. The molecule has 0 fully saturated rings. The Kier molecular flexibility index (Phi) is 6.28. The third-order valence-corrected chi connectivity index (χ3v) is 3.59. The predicted molar refractivity (Wildman–Crippen MR) is 92.1 cm³/mol. The molecule has 0 bridgehead atoms. The van der Waals surface area contributed by atoms with E-state index in [1.165, 1.54) is 41.3 Å². The van der Waals surface area contributed by atoms with Crippen LogP contribution in [0.5, 0.6) is 5.75 Å². The number of hydrogen-bond acceptors (Lipinski definition) is 5. The fourth-order valence-corrected chi connectivity index (χ4v) is 2.28. The molecule has 1 amide bonds. The molecule has 0 saturated heterocycles. The molecular formula is C19H17FN2O4. The van der Waals surface area contributed by atoms with E-state index in [-0.39, 0.29) is 24.3 Å². The van der Waals surface area contributed by atoms with E-state index >= 15 is 0 Å². The van der Waals surface area contributed by atoms with Gasteiger partial charge >= 0.3 is 5.97 Å². The maximum atomic E-state index is 13.1. The first kappa shape index (κ1) is 18.9. The van der Waals surface area contributed by atoms with E-state index in [0.717, 1.165) is 5.56 Å². The zero-order chi connectivity index (χ0) is 19.1. The Labute approximate surface area is 150 Å². The lowest BCUT2D eigenvalue weighted by Gasteiger charge is -2.21. The molecule has 6 nitrogen and oxygen atoms in total. The molecule has 0 aliphatic carbocycles. The maximum absolute atomic E-state index is 13.1. The molecule has 0 aromatic heterocycles. The lowest BCUT2D eigenvalue weighted by Crippen LogP contribution is -2.35. The number of amides is 1. The Morgan fingerprint density at radius 2 is 1.92 bits per heavy atom. The van der Waals surface area contributed by atoms with Gasteiger partial charge in [0.25, 0.3) is 5.91 Å². The van der Waals surface area contributed by atoms with Crippen molar-refractivity contribution >= 4 is 17.6 Å². The zero-order valence-corrected chi connectivity index (χ0v) is 14.1. The van der Waals surface area contributed by atoms with Gasteiger partial charge in [0.15, 0.2) is 6.61 Å². The standard InChI is InChI=1S/C19H17FN2O4/c1-13-3-8-16(17(23)11-13)19(25)26-12-18(24)22(10-2-9-21)15-6-4-14(20)5-7-15/h3-8,11,23H,2,10,12H2,1H3. The highest BCUT2D eigenvalue weighted by atomic mass is 19.1. The fraction of sp³-hybridized carbons (Fsp3) is 0.211. The lowest BCUT2D eigenvalue weighted by molar-refractivity contribution is -0.121. The summed E-state index contributed by atoms with van der Waals surface area (Å²) in [6.07, 6.45) is 0.0653. The molecule has 7 heteroatoms. The van der Waals surface area contributed by atoms with Crippen LogP contribution in [0, 0.1) is 24.1 Å². The Balaban J connectivity index is 2.07. The van der Waals surface area contributed by atoms with Gasteiger partial charge in [-0.05, 0) is 48.9 Å². The van der Waals surface area contributed by atoms with Gasteiger partial charge in [-0.1, -0.05) is 6.07 Å². The molecular weight excluding hydrogens is 339 g/mol. The number of hydrogen-bond donors (Lipinski definition) is 1. The number of phenolic OH excluding ortho intramolecular Hbond substituents is 1. The SMILES string of the molecule is Cc1ccc(C(=O)OCC(=O)N(CCC#N)c2ccc(F)cc2)c(O)c1. The summed E-state index contributed by atoms with van der Waals surface area (Å²) >= 11 is 0. The number of carbonyl (C=O) groups is 2. The van der Waals surface area contributed by atoms with Gasteiger partial charge in [0, 0.05) is 12.2 Å². The van der Waals surface area contributed by atoms with E-state index in [2.05, 4.69) is 0 Å². The summed E-state index contributed by atoms with van der Waals surface area (Å²) < 4.78 is 18.0. The van der Waals surface area contributed by atoms with Crippen LogP contribution in [-0.2, 0) is 9.53 Å². The molecule has 0 aliphatic heterocycles. The molecule has 134 valence electrons. The molecule has 0 aliphatic rings. The number of anilines is 1. The Morgan fingerprint density at radius 3 is 2.54 bits per heavy atom. The van der Waals surface area contributed by atoms with Crippen molar-refractivity contribution in [2.45, 2.75) is 13.3 Å². The van der Waals surface area contributed by atoms with Crippen LogP contribution in [0.15, 0.2) is 42.5 Å². The van der Waals surface area contributed by atoms with Gasteiger partial charge in [0.05, 0.1) is 12.5 Å². The Morgan fingerprint density at radius 1 is 1.23 bits per heavy atom. The van der Waals surface area contributed by atoms with Crippen LogP contribution >= 0.6 is 0 Å². The van der Waals surface area contributed by atoms with Gasteiger partial charge in [-0.15, -0.1) is 0 Å². The predicted octanol–water partition coefficient (Wildman–Crippen LogP) is 2.94.